The van der Waals surface area contributed by atoms with E-state index in [0.29, 0.717) is 18.1 Å². The molecule has 1 unspecified atom stereocenters. The minimum absolute atomic E-state index is 0.168. The van der Waals surface area contributed by atoms with Crippen LogP contribution in [0.25, 0.3) is 11.4 Å². The molecule has 0 bridgehead atoms. The van der Waals surface area contributed by atoms with Gasteiger partial charge >= 0.3 is 0 Å². The molecule has 5 heteroatoms. The van der Waals surface area contributed by atoms with E-state index in [1.165, 1.54) is 0 Å². The highest BCUT2D eigenvalue weighted by Gasteiger charge is 2.10. The number of aromatic hydroxyl groups is 1. The number of phenols is 1. The van der Waals surface area contributed by atoms with Gasteiger partial charge in [-0.1, -0.05) is 17.3 Å². The molecule has 1 aromatic carbocycles. The molecule has 0 saturated carbocycles. The molecule has 0 aliphatic heterocycles. The lowest BCUT2D eigenvalue weighted by Gasteiger charge is -2.05. The van der Waals surface area contributed by atoms with Gasteiger partial charge in [0.25, 0.3) is 0 Å². The second-order valence-corrected chi connectivity index (χ2v) is 4.15. The molecule has 0 aliphatic carbocycles. The molecule has 1 atom stereocenters. The predicted molar refractivity (Wildman–Crippen MR) is 66.2 cm³/mol. The molecule has 96 valence electrons. The number of rotatable bonds is 5. The molecule has 1 heterocycles. The number of phenolic OH excluding ortho intramolecular Hbond substituents is 1. The number of hydrogen-bond donors (Lipinski definition) is 1. The summed E-state index contributed by atoms with van der Waals surface area (Å²) in [5.74, 6) is 1.26. The van der Waals surface area contributed by atoms with Gasteiger partial charge in [0.1, 0.15) is 5.75 Å². The van der Waals surface area contributed by atoms with Gasteiger partial charge in [-0.05, 0) is 25.5 Å². The summed E-state index contributed by atoms with van der Waals surface area (Å²) >= 11 is 0. The summed E-state index contributed by atoms with van der Waals surface area (Å²) in [6.45, 7) is 1.99. The standard InChI is InChI=1S/C13H16N2O3/c1-9(17-2)6-7-12-14-13(15-18-12)10-4-3-5-11(16)8-10/h3-5,8-9,16H,6-7H2,1-2H3. The van der Waals surface area contributed by atoms with Gasteiger partial charge in [0.2, 0.25) is 11.7 Å². The highest BCUT2D eigenvalue weighted by molar-refractivity contribution is 5.56. The Bertz CT molecular complexity index is 510. The summed E-state index contributed by atoms with van der Waals surface area (Å²) in [6.07, 6.45) is 1.68. The van der Waals surface area contributed by atoms with Crippen molar-refractivity contribution in [1.29, 1.82) is 0 Å². The number of hydrogen-bond acceptors (Lipinski definition) is 5. The Morgan fingerprint density at radius 1 is 1.44 bits per heavy atom. The van der Waals surface area contributed by atoms with E-state index in [0.717, 1.165) is 12.0 Å². The van der Waals surface area contributed by atoms with Crippen LogP contribution in [0.1, 0.15) is 19.2 Å². The zero-order valence-electron chi connectivity index (χ0n) is 10.5. The van der Waals surface area contributed by atoms with Crippen LogP contribution in [-0.2, 0) is 11.2 Å². The average Bonchev–Trinajstić information content (AvgIpc) is 2.84. The second kappa shape index (κ2) is 5.64. The number of aromatic nitrogens is 2. The van der Waals surface area contributed by atoms with Crippen LogP contribution in [0.5, 0.6) is 5.75 Å². The Morgan fingerprint density at radius 3 is 3.00 bits per heavy atom. The summed E-state index contributed by atoms with van der Waals surface area (Å²) in [5, 5.41) is 13.3. The summed E-state index contributed by atoms with van der Waals surface area (Å²) in [4.78, 5) is 4.28. The van der Waals surface area contributed by atoms with E-state index in [1.54, 1.807) is 25.3 Å². The van der Waals surface area contributed by atoms with Crippen LogP contribution in [-0.4, -0.2) is 28.5 Å². The van der Waals surface area contributed by atoms with Gasteiger partial charge < -0.3 is 14.4 Å². The maximum absolute atomic E-state index is 9.39. The predicted octanol–water partition coefficient (Wildman–Crippen LogP) is 2.41. The molecule has 0 fully saturated rings. The Balaban J connectivity index is 2.06. The van der Waals surface area contributed by atoms with Crippen molar-refractivity contribution in [3.63, 3.8) is 0 Å². The van der Waals surface area contributed by atoms with Crippen LogP contribution >= 0.6 is 0 Å². The fourth-order valence-electron chi connectivity index (χ4n) is 1.56. The Morgan fingerprint density at radius 2 is 2.28 bits per heavy atom. The summed E-state index contributed by atoms with van der Waals surface area (Å²) < 4.78 is 10.3. The lowest BCUT2D eigenvalue weighted by Crippen LogP contribution is -2.05. The number of methoxy groups -OCH3 is 1. The third-order valence-corrected chi connectivity index (χ3v) is 2.74. The van der Waals surface area contributed by atoms with Crippen LogP contribution in [0.15, 0.2) is 28.8 Å². The van der Waals surface area contributed by atoms with Crippen molar-refractivity contribution < 1.29 is 14.4 Å². The third-order valence-electron chi connectivity index (χ3n) is 2.74. The molecule has 1 N–H and O–H groups in total. The molecule has 0 spiro atoms. The normalized spacial score (nSPS) is 12.6. The average molecular weight is 248 g/mol. The van der Waals surface area contributed by atoms with Gasteiger partial charge in [-0.15, -0.1) is 0 Å². The first-order valence-corrected chi connectivity index (χ1v) is 5.84. The first-order chi connectivity index (χ1) is 8.69. The molecule has 0 saturated heterocycles. The van der Waals surface area contributed by atoms with Crippen LogP contribution in [0.4, 0.5) is 0 Å². The van der Waals surface area contributed by atoms with E-state index in [2.05, 4.69) is 10.1 Å². The highest BCUT2D eigenvalue weighted by atomic mass is 16.5. The molecule has 18 heavy (non-hydrogen) atoms. The first-order valence-electron chi connectivity index (χ1n) is 5.84. The molecular formula is C13H16N2O3. The van der Waals surface area contributed by atoms with Crippen molar-refractivity contribution >= 4 is 0 Å². The fraction of sp³-hybridized carbons (Fsp3) is 0.385. The summed E-state index contributed by atoms with van der Waals surface area (Å²) in [7, 11) is 1.68. The lowest BCUT2D eigenvalue weighted by molar-refractivity contribution is 0.109. The Kier molecular flexibility index (Phi) is 3.94. The monoisotopic (exact) mass is 248 g/mol. The van der Waals surface area contributed by atoms with Crippen molar-refractivity contribution in [3.05, 3.63) is 30.2 Å². The summed E-state index contributed by atoms with van der Waals surface area (Å²) in [6, 6.07) is 6.77. The van der Waals surface area contributed by atoms with Crippen LogP contribution in [0, 0.1) is 0 Å². The maximum Gasteiger partial charge on any atom is 0.227 e. The molecule has 0 amide bonds. The molecule has 1 aromatic heterocycles. The first kappa shape index (κ1) is 12.6. The van der Waals surface area contributed by atoms with Crippen molar-refractivity contribution in [2.24, 2.45) is 0 Å². The van der Waals surface area contributed by atoms with E-state index < -0.39 is 0 Å². The molecule has 0 radical (unpaired) electrons. The van der Waals surface area contributed by atoms with Gasteiger partial charge in [0.15, 0.2) is 0 Å². The number of aryl methyl sites for hydroxylation is 1. The van der Waals surface area contributed by atoms with E-state index >= 15 is 0 Å². The molecule has 2 aromatic rings. The van der Waals surface area contributed by atoms with E-state index in [-0.39, 0.29) is 11.9 Å². The van der Waals surface area contributed by atoms with Gasteiger partial charge in [0.05, 0.1) is 6.10 Å². The zero-order chi connectivity index (χ0) is 13.0. The number of benzene rings is 1. The Labute approximate surface area is 105 Å². The molecule has 0 aliphatic rings. The van der Waals surface area contributed by atoms with Crippen molar-refractivity contribution in [1.82, 2.24) is 10.1 Å². The van der Waals surface area contributed by atoms with E-state index in [1.807, 2.05) is 13.0 Å². The zero-order valence-corrected chi connectivity index (χ0v) is 10.5. The molecular weight excluding hydrogens is 232 g/mol. The van der Waals surface area contributed by atoms with Gasteiger partial charge in [-0.2, -0.15) is 4.98 Å². The van der Waals surface area contributed by atoms with Crippen LogP contribution < -0.4 is 0 Å². The SMILES string of the molecule is COC(C)CCc1nc(-c2cccc(O)c2)no1. The maximum atomic E-state index is 9.39. The number of ether oxygens (including phenoxy) is 1. The van der Waals surface area contributed by atoms with Gasteiger partial charge in [-0.25, -0.2) is 0 Å². The highest BCUT2D eigenvalue weighted by Crippen LogP contribution is 2.20. The van der Waals surface area contributed by atoms with E-state index in [9.17, 15) is 5.11 Å². The third kappa shape index (κ3) is 3.07. The molecule has 5 nitrogen and oxygen atoms in total. The largest absolute Gasteiger partial charge is 0.508 e. The topological polar surface area (TPSA) is 68.4 Å². The quantitative estimate of drug-likeness (QED) is 0.880. The summed E-state index contributed by atoms with van der Waals surface area (Å²) in [5.41, 5.74) is 0.741. The van der Waals surface area contributed by atoms with Crippen LogP contribution in [0.3, 0.4) is 0 Å². The fourth-order valence-corrected chi connectivity index (χ4v) is 1.56. The minimum Gasteiger partial charge on any atom is -0.508 e. The van der Waals surface area contributed by atoms with Gasteiger partial charge in [-0.3, -0.25) is 0 Å². The van der Waals surface area contributed by atoms with Crippen LogP contribution in [0.2, 0.25) is 0 Å². The Hall–Kier alpha value is -1.88. The van der Waals surface area contributed by atoms with Gasteiger partial charge in [0, 0.05) is 19.1 Å². The smallest absolute Gasteiger partial charge is 0.227 e. The van der Waals surface area contributed by atoms with Crippen molar-refractivity contribution in [2.75, 3.05) is 7.11 Å². The lowest BCUT2D eigenvalue weighted by atomic mass is 10.2. The van der Waals surface area contributed by atoms with E-state index in [4.69, 9.17) is 9.26 Å². The molecule has 2 rings (SSSR count). The van der Waals surface area contributed by atoms with Crippen molar-refractivity contribution in [3.8, 4) is 17.1 Å². The minimum atomic E-state index is 0.168. The number of nitrogens with zero attached hydrogens (tertiary/aromatic N) is 2. The second-order valence-electron chi connectivity index (χ2n) is 4.15. The van der Waals surface area contributed by atoms with Crippen molar-refractivity contribution in [2.45, 2.75) is 25.9 Å².